The number of nitrogens with zero attached hydrogens (tertiary/aromatic N) is 3. The van der Waals surface area contributed by atoms with Gasteiger partial charge in [0.15, 0.2) is 6.61 Å². The van der Waals surface area contributed by atoms with Gasteiger partial charge in [0.2, 0.25) is 5.91 Å². The fraction of sp³-hybridized carbons (Fsp3) is 0.500. The van der Waals surface area contributed by atoms with Crippen molar-refractivity contribution in [3.8, 4) is 5.75 Å². The number of carbonyl (C=O) groups is 2. The van der Waals surface area contributed by atoms with Gasteiger partial charge in [-0.15, -0.1) is 0 Å². The van der Waals surface area contributed by atoms with E-state index in [1.54, 1.807) is 4.90 Å². The van der Waals surface area contributed by atoms with E-state index < -0.39 is 0 Å². The van der Waals surface area contributed by atoms with Gasteiger partial charge in [-0.05, 0) is 41.5 Å². The van der Waals surface area contributed by atoms with Crippen molar-refractivity contribution in [1.82, 2.24) is 9.80 Å². The molecule has 1 fully saturated rings. The smallest absolute Gasteiger partial charge is 0.265 e. The third-order valence-corrected chi connectivity index (χ3v) is 7.31. The molecule has 0 aromatic heterocycles. The molecule has 0 aliphatic carbocycles. The number of hydrogen-bond donors (Lipinski definition) is 0. The number of piperazine rings is 1. The van der Waals surface area contributed by atoms with Crippen LogP contribution >= 0.6 is 0 Å². The Hall–Kier alpha value is -2.86. The zero-order valence-electron chi connectivity index (χ0n) is 20.8. The number of anilines is 1. The van der Waals surface area contributed by atoms with Crippen molar-refractivity contribution >= 4 is 17.5 Å². The monoisotopic (exact) mass is 463 g/mol. The molecule has 1 saturated heterocycles. The lowest BCUT2D eigenvalue weighted by Crippen LogP contribution is -2.48. The molecule has 2 aromatic rings. The van der Waals surface area contributed by atoms with Crippen molar-refractivity contribution in [2.75, 3.05) is 44.2 Å². The zero-order valence-corrected chi connectivity index (χ0v) is 20.8. The molecule has 2 aliphatic heterocycles. The third-order valence-electron chi connectivity index (χ3n) is 7.31. The summed E-state index contributed by atoms with van der Waals surface area (Å²) in [4.78, 5) is 31.7. The molecule has 2 heterocycles. The van der Waals surface area contributed by atoms with Gasteiger partial charge in [-0.1, -0.05) is 57.2 Å². The predicted octanol–water partition coefficient (Wildman–Crippen LogP) is 4.22. The molecule has 0 atom stereocenters. The van der Waals surface area contributed by atoms with E-state index in [1.165, 1.54) is 11.1 Å². The van der Waals surface area contributed by atoms with Crippen molar-refractivity contribution in [3.05, 3.63) is 59.7 Å². The minimum absolute atomic E-state index is 0.0276. The lowest BCUT2D eigenvalue weighted by atomic mass is 9.82. The van der Waals surface area contributed by atoms with Crippen LogP contribution in [0.4, 0.5) is 5.69 Å². The van der Waals surface area contributed by atoms with Crippen molar-refractivity contribution in [3.63, 3.8) is 0 Å². The molecule has 6 heteroatoms. The Morgan fingerprint density at radius 3 is 2.47 bits per heavy atom. The van der Waals surface area contributed by atoms with Crippen LogP contribution in [0.2, 0.25) is 0 Å². The van der Waals surface area contributed by atoms with Gasteiger partial charge in [-0.2, -0.15) is 0 Å². The highest BCUT2D eigenvalue weighted by Gasteiger charge is 2.28. The lowest BCUT2D eigenvalue weighted by molar-refractivity contribution is -0.133. The fourth-order valence-electron chi connectivity index (χ4n) is 4.62. The van der Waals surface area contributed by atoms with Crippen LogP contribution in [0.5, 0.6) is 5.75 Å². The summed E-state index contributed by atoms with van der Waals surface area (Å²) in [5, 5.41) is 0. The standard InChI is InChI=1S/C28H37N3O3/c1-4-28(2,3)23-12-13-25-24(19-23)31(27(33)21-34-25)14-8-11-26(32)30-17-15-29(16-18-30)20-22-9-6-5-7-10-22/h5-7,9-10,12-13,19H,4,8,11,14-18,20-21H2,1-3H3. The summed E-state index contributed by atoms with van der Waals surface area (Å²) in [5.74, 6) is 0.887. The Labute approximate surface area is 203 Å². The van der Waals surface area contributed by atoms with E-state index in [0.29, 0.717) is 19.4 Å². The first-order valence-corrected chi connectivity index (χ1v) is 12.5. The average Bonchev–Trinajstić information content (AvgIpc) is 2.86. The Kier molecular flexibility index (Phi) is 7.57. The summed E-state index contributed by atoms with van der Waals surface area (Å²) in [6, 6.07) is 16.6. The molecular formula is C28H37N3O3. The first-order valence-electron chi connectivity index (χ1n) is 12.5. The molecular weight excluding hydrogens is 426 g/mol. The Bertz CT molecular complexity index is 997. The van der Waals surface area contributed by atoms with E-state index in [1.807, 2.05) is 17.0 Å². The summed E-state index contributed by atoms with van der Waals surface area (Å²) in [6.07, 6.45) is 2.11. The number of ether oxygens (including phenoxy) is 1. The molecule has 0 spiro atoms. The highest BCUT2D eigenvalue weighted by Crippen LogP contribution is 2.37. The van der Waals surface area contributed by atoms with E-state index in [9.17, 15) is 9.59 Å². The van der Waals surface area contributed by atoms with Gasteiger partial charge in [-0.25, -0.2) is 0 Å². The molecule has 0 radical (unpaired) electrons. The number of hydrogen-bond acceptors (Lipinski definition) is 4. The maximum atomic E-state index is 12.8. The topological polar surface area (TPSA) is 53.1 Å². The van der Waals surface area contributed by atoms with Gasteiger partial charge < -0.3 is 14.5 Å². The second-order valence-corrected chi connectivity index (χ2v) is 10.0. The molecule has 6 nitrogen and oxygen atoms in total. The van der Waals surface area contributed by atoms with Gasteiger partial charge >= 0.3 is 0 Å². The van der Waals surface area contributed by atoms with Gasteiger partial charge in [0.05, 0.1) is 5.69 Å². The van der Waals surface area contributed by atoms with Gasteiger partial charge in [0, 0.05) is 45.7 Å². The molecule has 0 unspecified atom stereocenters. The quantitative estimate of drug-likeness (QED) is 0.588. The van der Waals surface area contributed by atoms with Crippen LogP contribution in [-0.2, 0) is 21.5 Å². The van der Waals surface area contributed by atoms with Crippen LogP contribution in [0.3, 0.4) is 0 Å². The van der Waals surface area contributed by atoms with Crippen LogP contribution in [0.1, 0.15) is 51.2 Å². The summed E-state index contributed by atoms with van der Waals surface area (Å²) in [7, 11) is 0. The molecule has 0 N–H and O–H groups in total. The number of rotatable bonds is 8. The van der Waals surface area contributed by atoms with E-state index in [-0.39, 0.29) is 23.8 Å². The molecule has 2 amide bonds. The summed E-state index contributed by atoms with van der Waals surface area (Å²) in [5.41, 5.74) is 3.36. The average molecular weight is 464 g/mol. The molecule has 2 aliphatic rings. The summed E-state index contributed by atoms with van der Waals surface area (Å²) < 4.78 is 5.67. The van der Waals surface area contributed by atoms with Crippen molar-refractivity contribution in [2.24, 2.45) is 0 Å². The van der Waals surface area contributed by atoms with Crippen LogP contribution < -0.4 is 9.64 Å². The van der Waals surface area contributed by atoms with E-state index >= 15 is 0 Å². The maximum absolute atomic E-state index is 12.8. The number of carbonyl (C=O) groups excluding carboxylic acids is 2. The van der Waals surface area contributed by atoms with Gasteiger partial charge in [-0.3, -0.25) is 14.5 Å². The number of fused-ring (bicyclic) bond motifs is 1. The Balaban J connectivity index is 1.29. The van der Waals surface area contributed by atoms with Crippen molar-refractivity contribution < 1.29 is 14.3 Å². The first kappa shape index (κ1) is 24.3. The normalized spacial score (nSPS) is 16.9. The zero-order chi connectivity index (χ0) is 24.1. The molecule has 0 saturated carbocycles. The van der Waals surface area contributed by atoms with E-state index in [0.717, 1.165) is 50.6 Å². The largest absolute Gasteiger partial charge is 0.482 e. The molecule has 182 valence electrons. The minimum atomic E-state index is -0.0408. The highest BCUT2D eigenvalue weighted by molar-refractivity contribution is 5.98. The number of amides is 2. The minimum Gasteiger partial charge on any atom is -0.482 e. The van der Waals surface area contributed by atoms with Crippen molar-refractivity contribution in [2.45, 2.75) is 52.0 Å². The predicted molar refractivity (Wildman–Crippen MR) is 135 cm³/mol. The van der Waals surface area contributed by atoms with Crippen LogP contribution in [0.15, 0.2) is 48.5 Å². The van der Waals surface area contributed by atoms with Gasteiger partial charge in [0.25, 0.3) is 5.91 Å². The van der Waals surface area contributed by atoms with Gasteiger partial charge in [0.1, 0.15) is 5.75 Å². The molecule has 4 rings (SSSR count). The third kappa shape index (κ3) is 5.61. The van der Waals surface area contributed by atoms with Crippen LogP contribution in [0.25, 0.3) is 0 Å². The summed E-state index contributed by atoms with van der Waals surface area (Å²) in [6.45, 7) is 11.4. The van der Waals surface area contributed by atoms with Crippen LogP contribution in [0, 0.1) is 0 Å². The second-order valence-electron chi connectivity index (χ2n) is 10.0. The van der Waals surface area contributed by atoms with Crippen LogP contribution in [-0.4, -0.2) is 60.9 Å². The van der Waals surface area contributed by atoms with Crippen molar-refractivity contribution in [1.29, 1.82) is 0 Å². The molecule has 34 heavy (non-hydrogen) atoms. The SMILES string of the molecule is CCC(C)(C)c1ccc2c(c1)N(CCCC(=O)N1CCN(Cc3ccccc3)CC1)C(=O)CO2. The Morgan fingerprint density at radius 1 is 1.03 bits per heavy atom. The molecule has 2 aromatic carbocycles. The summed E-state index contributed by atoms with van der Waals surface area (Å²) >= 11 is 0. The highest BCUT2D eigenvalue weighted by atomic mass is 16.5. The second kappa shape index (κ2) is 10.6. The maximum Gasteiger partial charge on any atom is 0.265 e. The molecule has 0 bridgehead atoms. The van der Waals surface area contributed by atoms with E-state index in [2.05, 4.69) is 62.1 Å². The lowest BCUT2D eigenvalue weighted by Gasteiger charge is -2.35. The Morgan fingerprint density at radius 2 is 1.76 bits per heavy atom. The van der Waals surface area contributed by atoms with E-state index in [4.69, 9.17) is 4.74 Å². The number of benzene rings is 2. The first-order chi connectivity index (χ1) is 16.4. The fourth-order valence-corrected chi connectivity index (χ4v) is 4.62.